The lowest BCUT2D eigenvalue weighted by Gasteiger charge is -2.16. The molecule has 0 aromatic heterocycles. The first-order valence-electron chi connectivity index (χ1n) is 27.1. The van der Waals surface area contributed by atoms with Crippen molar-refractivity contribution in [1.29, 1.82) is 0 Å². The third kappa shape index (κ3) is 16.5. The van der Waals surface area contributed by atoms with E-state index in [9.17, 15) is 0 Å². The molecule has 0 spiro atoms. The summed E-state index contributed by atoms with van der Waals surface area (Å²) in [5.74, 6) is 2.04. The second kappa shape index (κ2) is 27.7. The van der Waals surface area contributed by atoms with Crippen LogP contribution in [0.25, 0.3) is 55.9 Å². The van der Waals surface area contributed by atoms with Crippen molar-refractivity contribution in [1.82, 2.24) is 0 Å². The fourth-order valence-electron chi connectivity index (χ4n) is 9.60. The number of rotatable bonds is 29. The van der Waals surface area contributed by atoms with Gasteiger partial charge in [0.25, 0.3) is 0 Å². The monoisotopic (exact) mass is 945 g/mol. The number of allylic oxidation sites excluding steroid dienone is 5. The van der Waals surface area contributed by atoms with Crippen molar-refractivity contribution in [3.05, 3.63) is 222 Å². The maximum Gasteiger partial charge on any atom is 0.151 e. The highest BCUT2D eigenvalue weighted by Crippen LogP contribution is 2.31. The van der Waals surface area contributed by atoms with E-state index >= 15 is 0 Å². The van der Waals surface area contributed by atoms with Crippen LogP contribution in [0.2, 0.25) is 18.5 Å². The topological polar surface area (TPSA) is 0 Å². The number of hydrogen-bond donors (Lipinski definition) is 0. The molecule has 72 heavy (non-hydrogen) atoms. The Bertz CT molecular complexity index is 2940. The van der Waals surface area contributed by atoms with Crippen LogP contribution >= 0.6 is 0 Å². The molecular formula is C70H82B2. The van der Waals surface area contributed by atoms with Gasteiger partial charge in [0, 0.05) is 5.57 Å². The second-order valence-corrected chi connectivity index (χ2v) is 21.3. The second-order valence-electron chi connectivity index (χ2n) is 21.3. The number of benzene rings is 6. The average Bonchev–Trinajstić information content (AvgIpc) is 3.38. The molecule has 0 aliphatic rings. The van der Waals surface area contributed by atoms with Crippen LogP contribution in [0.4, 0.5) is 0 Å². The van der Waals surface area contributed by atoms with Crippen LogP contribution < -0.4 is 0 Å². The molecule has 2 unspecified atom stereocenters. The molecule has 0 fully saturated rings. The highest BCUT2D eigenvalue weighted by molar-refractivity contribution is 6.60. The summed E-state index contributed by atoms with van der Waals surface area (Å²) in [6.45, 7) is 39.6. The predicted molar refractivity (Wildman–Crippen MR) is 326 cm³/mol. The first-order chi connectivity index (χ1) is 34.7. The molecule has 0 nitrogen and oxygen atoms in total. The molecule has 6 aromatic carbocycles. The Morgan fingerprint density at radius 1 is 0.625 bits per heavy atom. The van der Waals surface area contributed by atoms with E-state index < -0.39 is 0 Å². The number of unbranched alkanes of at least 4 members (excludes halogenated alkanes) is 3. The van der Waals surface area contributed by atoms with Crippen molar-refractivity contribution in [3.63, 3.8) is 0 Å². The summed E-state index contributed by atoms with van der Waals surface area (Å²) in [5, 5.41) is 4.98. The molecule has 0 aliphatic heterocycles. The van der Waals surface area contributed by atoms with Gasteiger partial charge in [-0.2, -0.15) is 0 Å². The minimum atomic E-state index is 0.601. The van der Waals surface area contributed by atoms with Gasteiger partial charge >= 0.3 is 0 Å². The maximum absolute atomic E-state index is 4.55. The van der Waals surface area contributed by atoms with E-state index in [-0.39, 0.29) is 0 Å². The third-order valence-electron chi connectivity index (χ3n) is 14.9. The number of hydrogen-bond acceptors (Lipinski definition) is 0. The van der Waals surface area contributed by atoms with Crippen LogP contribution in [0.15, 0.2) is 166 Å². The molecule has 0 N–H and O–H groups in total. The molecule has 2 atom stereocenters. The van der Waals surface area contributed by atoms with Gasteiger partial charge < -0.3 is 0 Å². The van der Waals surface area contributed by atoms with Crippen LogP contribution in [0.5, 0.6) is 0 Å². The summed E-state index contributed by atoms with van der Waals surface area (Å²) in [5.41, 5.74) is 21.5. The zero-order valence-corrected chi connectivity index (χ0v) is 45.2. The van der Waals surface area contributed by atoms with Crippen molar-refractivity contribution in [2.75, 3.05) is 0 Å². The fraction of sp³-hybridized carbons (Fsp3) is 0.329. The Kier molecular flexibility index (Phi) is 21.2. The van der Waals surface area contributed by atoms with Crippen molar-refractivity contribution >= 4 is 70.4 Å². The Morgan fingerprint density at radius 2 is 1.22 bits per heavy atom. The van der Waals surface area contributed by atoms with E-state index in [4.69, 9.17) is 0 Å². The first-order valence-corrected chi connectivity index (χ1v) is 27.1. The van der Waals surface area contributed by atoms with Gasteiger partial charge in [0.05, 0.1) is 0 Å². The zero-order chi connectivity index (χ0) is 51.6. The normalized spacial score (nSPS) is 12.2. The SMILES string of the molecule is C=C=C(CCCCCC[B]C(=C)c1ccc2cc(CC(=C)c3ccc(C)c(/C=C\C(=C)CCC(C)C)c3)ccc2c1)c1ccc2cc(CC(=C)c3ccc(C=C)c(CCC(C)[B]CC(C)CC)c3)ccc2c1. The Morgan fingerprint density at radius 3 is 1.88 bits per heavy atom. The van der Waals surface area contributed by atoms with Gasteiger partial charge in [0.2, 0.25) is 0 Å². The van der Waals surface area contributed by atoms with Crippen LogP contribution in [-0.2, 0) is 19.3 Å². The summed E-state index contributed by atoms with van der Waals surface area (Å²) >= 11 is 0. The van der Waals surface area contributed by atoms with E-state index in [1.54, 1.807) is 0 Å². The molecule has 368 valence electrons. The van der Waals surface area contributed by atoms with Crippen molar-refractivity contribution < 1.29 is 0 Å². The Labute approximate surface area is 438 Å². The van der Waals surface area contributed by atoms with Crippen LogP contribution in [-0.4, -0.2) is 14.6 Å². The van der Waals surface area contributed by atoms with Crippen molar-refractivity contribution in [3.8, 4) is 0 Å². The van der Waals surface area contributed by atoms with Crippen molar-refractivity contribution in [2.24, 2.45) is 11.8 Å². The van der Waals surface area contributed by atoms with E-state index in [0.29, 0.717) is 11.7 Å². The lowest BCUT2D eigenvalue weighted by Crippen LogP contribution is -2.06. The van der Waals surface area contributed by atoms with Gasteiger partial charge in [-0.05, 0) is 164 Å². The smallest absolute Gasteiger partial charge is 0.125 e. The molecule has 0 saturated heterocycles. The third-order valence-corrected chi connectivity index (χ3v) is 14.9. The molecule has 2 heteroatoms. The molecule has 0 saturated carbocycles. The van der Waals surface area contributed by atoms with Gasteiger partial charge in [-0.3, -0.25) is 0 Å². The van der Waals surface area contributed by atoms with E-state index in [1.807, 2.05) is 6.08 Å². The number of aryl methyl sites for hydroxylation is 2. The minimum absolute atomic E-state index is 0.601. The molecule has 0 aliphatic carbocycles. The highest BCUT2D eigenvalue weighted by atomic mass is 14.2. The lowest BCUT2D eigenvalue weighted by atomic mass is 9.58. The van der Waals surface area contributed by atoms with E-state index in [1.165, 1.54) is 120 Å². The van der Waals surface area contributed by atoms with E-state index in [0.717, 1.165) is 80.2 Å². The van der Waals surface area contributed by atoms with Crippen molar-refractivity contribution in [2.45, 2.75) is 137 Å². The quantitative estimate of drug-likeness (QED) is 0.0190. The Hall–Kier alpha value is -6.07. The van der Waals surface area contributed by atoms with Crippen LogP contribution in [0.1, 0.15) is 148 Å². The molecule has 6 rings (SSSR count). The van der Waals surface area contributed by atoms with Gasteiger partial charge in [-0.15, -0.1) is 12.3 Å². The summed E-state index contributed by atoms with van der Waals surface area (Å²) in [4.78, 5) is 0. The highest BCUT2D eigenvalue weighted by Gasteiger charge is 2.13. The summed E-state index contributed by atoms with van der Waals surface area (Å²) in [6.07, 6.45) is 21.5. The van der Waals surface area contributed by atoms with Crippen LogP contribution in [0.3, 0.4) is 0 Å². The zero-order valence-electron chi connectivity index (χ0n) is 45.2. The lowest BCUT2D eigenvalue weighted by molar-refractivity contribution is 0.588. The molecule has 0 bridgehead atoms. The first kappa shape index (κ1) is 55.2. The molecular weight excluding hydrogens is 862 g/mol. The standard InChI is InChI=1S/C70H82B2/c1-13-50(6)48-72-55(11)25-30-67-45-63(34-33-60(67)15-3)54(10)41-58-27-32-70-47-68(38-37-66(70)43-58)59(14-2)20-18-16-17-19-39-71-56(12)64-35-36-65-42-57(26-31-69(65)46-64)40-53(9)62-29-24-52(8)61(44-62)28-23-51(7)22-21-49(4)5/h15,23-24,26-29,31-38,42-47,49-50,55H,2-3,7,9-10,12-13,16-22,25,30,39-41,48H2,1,4-6,8,11H3/b28-23-. The molecule has 0 heterocycles. The Balaban J connectivity index is 0.923. The summed E-state index contributed by atoms with van der Waals surface area (Å²) in [7, 11) is 4.82. The summed E-state index contributed by atoms with van der Waals surface area (Å²) < 4.78 is 0. The average molecular weight is 945 g/mol. The number of fused-ring (bicyclic) bond motifs is 2. The largest absolute Gasteiger partial charge is 0.151 e. The molecule has 0 amide bonds. The van der Waals surface area contributed by atoms with Crippen LogP contribution in [0, 0.1) is 18.8 Å². The maximum atomic E-state index is 4.55. The predicted octanol–water partition coefficient (Wildman–Crippen LogP) is 20.3. The summed E-state index contributed by atoms with van der Waals surface area (Å²) in [6, 6.07) is 40.6. The molecule has 2 radical (unpaired) electrons. The van der Waals surface area contributed by atoms with Gasteiger partial charge in [0.15, 0.2) is 7.28 Å². The van der Waals surface area contributed by atoms with Gasteiger partial charge in [-0.25, -0.2) is 0 Å². The molecule has 6 aromatic rings. The minimum Gasteiger partial charge on any atom is -0.125 e. The van der Waals surface area contributed by atoms with E-state index in [2.05, 4.69) is 223 Å². The van der Waals surface area contributed by atoms with Gasteiger partial charge in [0.1, 0.15) is 7.28 Å². The van der Waals surface area contributed by atoms with Gasteiger partial charge in [-0.1, -0.05) is 244 Å². The fourth-order valence-corrected chi connectivity index (χ4v) is 9.60.